The molecule has 0 aliphatic carbocycles. The van der Waals surface area contributed by atoms with Gasteiger partial charge >= 0.3 is 12.1 Å². The summed E-state index contributed by atoms with van der Waals surface area (Å²) < 4.78 is 45.1. The number of para-hydroxylation sites is 1. The van der Waals surface area contributed by atoms with Gasteiger partial charge in [-0.05, 0) is 55.8 Å². The summed E-state index contributed by atoms with van der Waals surface area (Å²) in [4.78, 5) is 39.6. The molecule has 0 bridgehead atoms. The Labute approximate surface area is 221 Å². The molecule has 12 heteroatoms. The Hall–Kier alpha value is -3.93. The number of rotatable bonds is 5. The van der Waals surface area contributed by atoms with E-state index in [9.17, 15) is 27.2 Å². The van der Waals surface area contributed by atoms with Crippen molar-refractivity contribution in [2.24, 2.45) is 5.41 Å². The van der Waals surface area contributed by atoms with E-state index in [2.05, 4.69) is 20.5 Å². The fourth-order valence-corrected chi connectivity index (χ4v) is 5.23. The molecule has 8 nitrogen and oxygen atoms in total. The maximum Gasteiger partial charge on any atom is 0.490 e. The van der Waals surface area contributed by atoms with Gasteiger partial charge in [0.25, 0.3) is 5.91 Å². The van der Waals surface area contributed by atoms with Gasteiger partial charge in [0.2, 0.25) is 5.91 Å². The largest absolute Gasteiger partial charge is 0.490 e. The van der Waals surface area contributed by atoms with E-state index in [0.717, 1.165) is 48.9 Å². The van der Waals surface area contributed by atoms with E-state index in [1.54, 1.807) is 12.1 Å². The number of carbonyl (C=O) groups excluding carboxylic acids is 2. The van der Waals surface area contributed by atoms with Crippen LogP contribution in [-0.2, 0) is 9.59 Å². The van der Waals surface area contributed by atoms with Crippen LogP contribution in [0.1, 0.15) is 34.8 Å². The quantitative estimate of drug-likeness (QED) is 0.364. The molecular formula is C27H28F4N4O4. The van der Waals surface area contributed by atoms with Gasteiger partial charge in [-0.3, -0.25) is 9.59 Å². The number of piperidine rings is 1. The van der Waals surface area contributed by atoms with E-state index in [1.165, 1.54) is 12.1 Å². The second-order valence-corrected chi connectivity index (χ2v) is 9.64. The van der Waals surface area contributed by atoms with Gasteiger partial charge < -0.3 is 25.6 Å². The zero-order valence-electron chi connectivity index (χ0n) is 20.9. The van der Waals surface area contributed by atoms with Crippen LogP contribution in [0, 0.1) is 11.2 Å². The van der Waals surface area contributed by atoms with Crippen molar-refractivity contribution >= 4 is 28.7 Å². The van der Waals surface area contributed by atoms with Crippen LogP contribution >= 0.6 is 0 Å². The second-order valence-electron chi connectivity index (χ2n) is 9.64. The minimum absolute atomic E-state index is 0.0689. The van der Waals surface area contributed by atoms with Gasteiger partial charge in [-0.2, -0.15) is 13.2 Å². The smallest absolute Gasteiger partial charge is 0.475 e. The lowest BCUT2D eigenvalue weighted by Gasteiger charge is -2.41. The highest BCUT2D eigenvalue weighted by Gasteiger charge is 2.51. The number of likely N-dealkylation sites (tertiary alicyclic amines) is 1. The van der Waals surface area contributed by atoms with Crippen molar-refractivity contribution in [2.45, 2.75) is 24.9 Å². The van der Waals surface area contributed by atoms with Crippen LogP contribution in [0.3, 0.4) is 0 Å². The topological polar surface area (TPSA) is 115 Å². The SMILES string of the molecule is O=C(NCCN1CCC2(CC1)C(=O)NC[C@@H]2c1ccc(F)cc1)c1cc2ccccc2[nH]1.O=C(O)C(F)(F)F. The molecule has 1 spiro atoms. The van der Waals surface area contributed by atoms with Crippen LogP contribution in [-0.4, -0.2) is 71.7 Å². The van der Waals surface area contributed by atoms with Crippen molar-refractivity contribution in [1.82, 2.24) is 20.5 Å². The number of hydrogen-bond acceptors (Lipinski definition) is 4. The summed E-state index contributed by atoms with van der Waals surface area (Å²) in [5.41, 5.74) is 2.10. The summed E-state index contributed by atoms with van der Waals surface area (Å²) >= 11 is 0. The van der Waals surface area contributed by atoms with Crippen molar-refractivity contribution in [3.05, 3.63) is 71.7 Å². The molecule has 0 radical (unpaired) electrons. The highest BCUT2D eigenvalue weighted by molar-refractivity contribution is 5.98. The Kier molecular flexibility index (Phi) is 8.24. The molecule has 2 saturated heterocycles. The summed E-state index contributed by atoms with van der Waals surface area (Å²) in [6.07, 6.45) is -3.56. The number of halogens is 4. The molecule has 3 aromatic rings. The van der Waals surface area contributed by atoms with Gasteiger partial charge in [-0.15, -0.1) is 0 Å². The van der Waals surface area contributed by atoms with Crippen molar-refractivity contribution in [2.75, 3.05) is 32.7 Å². The monoisotopic (exact) mass is 548 g/mol. The van der Waals surface area contributed by atoms with Gasteiger partial charge in [-0.25, -0.2) is 9.18 Å². The number of aromatic nitrogens is 1. The Morgan fingerprint density at radius 1 is 1.08 bits per heavy atom. The molecule has 1 aromatic heterocycles. The molecule has 5 rings (SSSR count). The number of aliphatic carboxylic acids is 1. The molecule has 4 N–H and O–H groups in total. The first-order chi connectivity index (χ1) is 18.5. The van der Waals surface area contributed by atoms with Crippen LogP contribution in [0.15, 0.2) is 54.6 Å². The third kappa shape index (κ3) is 6.39. The Morgan fingerprint density at radius 2 is 1.72 bits per heavy atom. The molecule has 0 saturated carbocycles. The number of carboxylic acids is 1. The highest BCUT2D eigenvalue weighted by atomic mass is 19.4. The summed E-state index contributed by atoms with van der Waals surface area (Å²) in [5.74, 6) is -2.95. The number of nitrogens with zero attached hydrogens (tertiary/aromatic N) is 1. The Balaban J connectivity index is 0.000000448. The molecule has 0 unspecified atom stereocenters. The Morgan fingerprint density at radius 3 is 2.33 bits per heavy atom. The van der Waals surface area contributed by atoms with Gasteiger partial charge in [0.1, 0.15) is 11.5 Å². The molecule has 2 aliphatic heterocycles. The van der Waals surface area contributed by atoms with Crippen molar-refractivity contribution in [1.29, 1.82) is 0 Å². The van der Waals surface area contributed by atoms with Crippen molar-refractivity contribution < 1.29 is 37.1 Å². The second kappa shape index (κ2) is 11.4. The lowest BCUT2D eigenvalue weighted by Crippen LogP contribution is -2.47. The van der Waals surface area contributed by atoms with Crippen LogP contribution in [0.2, 0.25) is 0 Å². The van der Waals surface area contributed by atoms with Crippen LogP contribution in [0.4, 0.5) is 17.6 Å². The summed E-state index contributed by atoms with van der Waals surface area (Å²) in [6.45, 7) is 3.49. The number of carbonyl (C=O) groups is 3. The minimum Gasteiger partial charge on any atom is -0.475 e. The maximum atomic E-state index is 13.4. The fourth-order valence-electron chi connectivity index (χ4n) is 5.23. The van der Waals surface area contributed by atoms with E-state index in [4.69, 9.17) is 9.90 Å². The van der Waals surface area contributed by atoms with E-state index < -0.39 is 17.6 Å². The first-order valence-electron chi connectivity index (χ1n) is 12.4. The van der Waals surface area contributed by atoms with E-state index in [0.29, 0.717) is 18.8 Å². The van der Waals surface area contributed by atoms with Crippen molar-refractivity contribution in [3.8, 4) is 0 Å². The van der Waals surface area contributed by atoms with Gasteiger partial charge in [-0.1, -0.05) is 30.3 Å². The fraction of sp³-hybridized carbons (Fsp3) is 0.370. The first kappa shape index (κ1) is 28.1. The third-order valence-corrected chi connectivity index (χ3v) is 7.34. The van der Waals surface area contributed by atoms with Crippen molar-refractivity contribution in [3.63, 3.8) is 0 Å². The zero-order valence-corrected chi connectivity index (χ0v) is 20.9. The molecule has 3 heterocycles. The van der Waals surface area contributed by atoms with Crippen LogP contribution in [0.5, 0.6) is 0 Å². The number of benzene rings is 2. The zero-order chi connectivity index (χ0) is 28.2. The maximum absolute atomic E-state index is 13.4. The van der Waals surface area contributed by atoms with Crippen LogP contribution < -0.4 is 10.6 Å². The predicted molar refractivity (Wildman–Crippen MR) is 135 cm³/mol. The normalized spacial score (nSPS) is 18.9. The number of H-pyrrole nitrogens is 1. The summed E-state index contributed by atoms with van der Waals surface area (Å²) in [6, 6.07) is 16.2. The number of nitrogens with one attached hydrogen (secondary N) is 3. The van der Waals surface area contributed by atoms with Crippen LogP contribution in [0.25, 0.3) is 10.9 Å². The molecule has 2 aliphatic rings. The summed E-state index contributed by atoms with van der Waals surface area (Å²) in [5, 5.41) is 14.2. The van der Waals surface area contributed by atoms with Gasteiger partial charge in [0.15, 0.2) is 0 Å². The molecule has 2 amide bonds. The molecule has 2 aromatic carbocycles. The number of aromatic amines is 1. The lowest BCUT2D eigenvalue weighted by molar-refractivity contribution is -0.192. The molecule has 39 heavy (non-hydrogen) atoms. The number of amides is 2. The Bertz CT molecular complexity index is 1300. The number of alkyl halides is 3. The highest BCUT2D eigenvalue weighted by Crippen LogP contribution is 2.47. The summed E-state index contributed by atoms with van der Waals surface area (Å²) in [7, 11) is 0. The van der Waals surface area contributed by atoms with E-state index in [-0.39, 0.29) is 23.5 Å². The molecule has 2 fully saturated rings. The average Bonchev–Trinajstić information content (AvgIpc) is 3.47. The third-order valence-electron chi connectivity index (χ3n) is 7.34. The number of hydrogen-bond donors (Lipinski definition) is 4. The average molecular weight is 549 g/mol. The van der Waals surface area contributed by atoms with E-state index in [1.807, 2.05) is 30.3 Å². The lowest BCUT2D eigenvalue weighted by atomic mass is 9.68. The number of fused-ring (bicyclic) bond motifs is 1. The number of carboxylic acid groups (broad SMARTS) is 1. The molecular weight excluding hydrogens is 520 g/mol. The first-order valence-corrected chi connectivity index (χ1v) is 12.4. The molecule has 1 atom stereocenters. The van der Waals surface area contributed by atoms with Gasteiger partial charge in [0, 0.05) is 36.5 Å². The standard InChI is InChI=1S/C25H27FN4O2.C2HF3O2/c26-19-7-5-17(6-8-19)20-16-28-24(32)25(20)9-12-30(13-10-25)14-11-27-23(31)22-15-18-3-1-2-4-21(18)29-22;3-2(4,5)1(6)7/h1-8,15,20,29H,9-14,16H2,(H,27,31)(H,28,32);(H,6,7)/t20-;/m1./s1. The molecule has 208 valence electrons. The minimum atomic E-state index is -5.08. The predicted octanol–water partition coefficient (Wildman–Crippen LogP) is 3.67. The van der Waals surface area contributed by atoms with Gasteiger partial charge in [0.05, 0.1) is 5.41 Å². The van der Waals surface area contributed by atoms with E-state index >= 15 is 0 Å².